The number of anilines is 1. The van der Waals surface area contributed by atoms with Crippen LogP contribution in [0.3, 0.4) is 0 Å². The second-order valence-corrected chi connectivity index (χ2v) is 6.97. The number of rotatable bonds is 4. The molecule has 1 aromatic heterocycles. The van der Waals surface area contributed by atoms with Crippen LogP contribution in [0.2, 0.25) is 0 Å². The first-order valence-electron chi connectivity index (χ1n) is 8.99. The van der Waals surface area contributed by atoms with E-state index < -0.39 is 0 Å². The quantitative estimate of drug-likeness (QED) is 0.920. The molecule has 25 heavy (non-hydrogen) atoms. The average molecular weight is 338 g/mol. The fourth-order valence-electron chi connectivity index (χ4n) is 3.14. The molecule has 1 fully saturated rings. The predicted molar refractivity (Wildman–Crippen MR) is 99.6 cm³/mol. The van der Waals surface area contributed by atoms with Gasteiger partial charge in [-0.05, 0) is 44.2 Å². The van der Waals surface area contributed by atoms with Crippen LogP contribution in [0.25, 0.3) is 0 Å². The topological polar surface area (TPSA) is 58.1 Å². The van der Waals surface area contributed by atoms with Gasteiger partial charge >= 0.3 is 0 Å². The first-order valence-corrected chi connectivity index (χ1v) is 8.99. The van der Waals surface area contributed by atoms with Gasteiger partial charge in [0.1, 0.15) is 5.69 Å². The van der Waals surface area contributed by atoms with Crippen molar-refractivity contribution in [3.05, 3.63) is 53.3 Å². The molecular formula is C20H26N4O. The number of piperidine rings is 1. The lowest BCUT2D eigenvalue weighted by Crippen LogP contribution is -2.38. The molecule has 1 aliphatic rings. The summed E-state index contributed by atoms with van der Waals surface area (Å²) in [4.78, 5) is 23.6. The van der Waals surface area contributed by atoms with E-state index in [2.05, 4.69) is 41.3 Å². The number of carbonyl (C=O) groups is 1. The second-order valence-electron chi connectivity index (χ2n) is 6.97. The number of hydrogen-bond donors (Lipinski definition) is 1. The number of hydrogen-bond acceptors (Lipinski definition) is 4. The highest BCUT2D eigenvalue weighted by Gasteiger charge is 2.23. The smallest absolute Gasteiger partial charge is 0.272 e. The summed E-state index contributed by atoms with van der Waals surface area (Å²) >= 11 is 0. The highest BCUT2D eigenvalue weighted by molar-refractivity contribution is 5.92. The summed E-state index contributed by atoms with van der Waals surface area (Å²) in [5.41, 5.74) is 2.43. The lowest BCUT2D eigenvalue weighted by atomic mass is 9.99. The van der Waals surface area contributed by atoms with Gasteiger partial charge in [-0.1, -0.05) is 37.3 Å². The second kappa shape index (κ2) is 7.64. The van der Waals surface area contributed by atoms with E-state index in [1.807, 2.05) is 30.0 Å². The summed E-state index contributed by atoms with van der Waals surface area (Å²) in [6.07, 6.45) is 2.12. The van der Waals surface area contributed by atoms with Crippen LogP contribution in [0.4, 0.5) is 5.95 Å². The molecule has 2 aromatic rings. The molecule has 1 amide bonds. The van der Waals surface area contributed by atoms with Crippen molar-refractivity contribution in [2.24, 2.45) is 5.92 Å². The lowest BCUT2D eigenvalue weighted by molar-refractivity contribution is 0.0691. The maximum Gasteiger partial charge on any atom is 0.272 e. The number of aryl methyl sites for hydroxylation is 1. The van der Waals surface area contributed by atoms with Crippen molar-refractivity contribution < 1.29 is 4.79 Å². The summed E-state index contributed by atoms with van der Waals surface area (Å²) in [5.74, 6) is 1.21. The van der Waals surface area contributed by atoms with Gasteiger partial charge in [-0.3, -0.25) is 4.79 Å². The Hall–Kier alpha value is -2.43. The van der Waals surface area contributed by atoms with Gasteiger partial charge < -0.3 is 10.2 Å². The molecule has 1 unspecified atom stereocenters. The minimum Gasteiger partial charge on any atom is -0.348 e. The summed E-state index contributed by atoms with van der Waals surface area (Å²) in [7, 11) is 0. The molecule has 1 aromatic carbocycles. The monoisotopic (exact) mass is 338 g/mol. The molecule has 5 nitrogen and oxygen atoms in total. The highest BCUT2D eigenvalue weighted by atomic mass is 16.2. The normalized spacial score (nSPS) is 16.5. The van der Waals surface area contributed by atoms with E-state index in [4.69, 9.17) is 0 Å². The van der Waals surface area contributed by atoms with Crippen LogP contribution in [0.1, 0.15) is 54.5 Å². The Morgan fingerprint density at radius 2 is 1.88 bits per heavy atom. The maximum absolute atomic E-state index is 12.8. The van der Waals surface area contributed by atoms with E-state index in [0.29, 0.717) is 17.6 Å². The van der Waals surface area contributed by atoms with E-state index in [1.54, 1.807) is 6.07 Å². The van der Waals surface area contributed by atoms with Crippen LogP contribution in [0.15, 0.2) is 36.4 Å². The molecule has 2 heterocycles. The maximum atomic E-state index is 12.8. The lowest BCUT2D eigenvalue weighted by Gasteiger charge is -2.30. The molecule has 1 N–H and O–H groups in total. The summed E-state index contributed by atoms with van der Waals surface area (Å²) < 4.78 is 0. The van der Waals surface area contributed by atoms with Crippen LogP contribution in [0.5, 0.6) is 0 Å². The molecule has 0 aliphatic carbocycles. The summed E-state index contributed by atoms with van der Waals surface area (Å²) in [5, 5.41) is 3.31. The first-order chi connectivity index (χ1) is 12.0. The van der Waals surface area contributed by atoms with Crippen molar-refractivity contribution in [3.8, 4) is 0 Å². The molecule has 0 bridgehead atoms. The molecule has 132 valence electrons. The Morgan fingerprint density at radius 1 is 1.20 bits per heavy atom. The minimum absolute atomic E-state index is 0.00724. The number of benzene rings is 1. The van der Waals surface area contributed by atoms with Crippen LogP contribution in [-0.4, -0.2) is 33.9 Å². The zero-order valence-electron chi connectivity index (χ0n) is 15.2. The third kappa shape index (κ3) is 4.35. The summed E-state index contributed by atoms with van der Waals surface area (Å²) in [6.45, 7) is 7.83. The van der Waals surface area contributed by atoms with Crippen molar-refractivity contribution in [2.45, 2.75) is 39.7 Å². The number of nitrogens with one attached hydrogen (secondary N) is 1. The van der Waals surface area contributed by atoms with Crippen LogP contribution < -0.4 is 5.32 Å². The Bertz CT molecular complexity index is 724. The third-order valence-electron chi connectivity index (χ3n) is 4.79. The minimum atomic E-state index is 0.00724. The van der Waals surface area contributed by atoms with E-state index in [9.17, 15) is 4.79 Å². The van der Waals surface area contributed by atoms with E-state index >= 15 is 0 Å². The predicted octanol–water partition coefficient (Wildman–Crippen LogP) is 3.83. The molecule has 5 heteroatoms. The van der Waals surface area contributed by atoms with Crippen LogP contribution in [-0.2, 0) is 0 Å². The molecule has 0 radical (unpaired) electrons. The van der Waals surface area contributed by atoms with E-state index in [1.165, 1.54) is 0 Å². The SMILES string of the molecule is Cc1cc(C(=O)N2CCC(C)CC2)nc(NC(C)c2ccccc2)n1. The zero-order valence-corrected chi connectivity index (χ0v) is 15.2. The van der Waals surface area contributed by atoms with Crippen LogP contribution >= 0.6 is 0 Å². The van der Waals surface area contributed by atoms with Gasteiger partial charge in [-0.2, -0.15) is 0 Å². The number of likely N-dealkylation sites (tertiary alicyclic amines) is 1. The largest absolute Gasteiger partial charge is 0.348 e. The average Bonchev–Trinajstić information content (AvgIpc) is 2.62. The standard InChI is InChI=1S/C20H26N4O/c1-14-9-11-24(12-10-14)19(25)18-13-15(2)21-20(23-18)22-16(3)17-7-5-4-6-8-17/h4-8,13-14,16H,9-12H2,1-3H3,(H,21,22,23). The first kappa shape index (κ1) is 17.4. The van der Waals surface area contributed by atoms with Crippen molar-refractivity contribution in [2.75, 3.05) is 18.4 Å². The fraction of sp³-hybridized carbons (Fsp3) is 0.450. The van der Waals surface area contributed by atoms with Gasteiger partial charge in [0.2, 0.25) is 5.95 Å². The van der Waals surface area contributed by atoms with Crippen molar-refractivity contribution in [1.82, 2.24) is 14.9 Å². The third-order valence-corrected chi connectivity index (χ3v) is 4.79. The van der Waals surface area contributed by atoms with Gasteiger partial charge in [0.25, 0.3) is 5.91 Å². The van der Waals surface area contributed by atoms with Crippen molar-refractivity contribution in [3.63, 3.8) is 0 Å². The van der Waals surface area contributed by atoms with Gasteiger partial charge in [0, 0.05) is 18.8 Å². The van der Waals surface area contributed by atoms with Gasteiger partial charge in [0.05, 0.1) is 6.04 Å². The number of aromatic nitrogens is 2. The number of amides is 1. The van der Waals surface area contributed by atoms with Crippen LogP contribution in [0, 0.1) is 12.8 Å². The zero-order chi connectivity index (χ0) is 17.8. The van der Waals surface area contributed by atoms with Gasteiger partial charge in [-0.15, -0.1) is 0 Å². The van der Waals surface area contributed by atoms with Gasteiger partial charge in [-0.25, -0.2) is 9.97 Å². The Labute approximate surface area is 149 Å². The fourth-order valence-corrected chi connectivity index (χ4v) is 3.14. The van der Waals surface area contributed by atoms with E-state index in [0.717, 1.165) is 37.2 Å². The van der Waals surface area contributed by atoms with Crippen molar-refractivity contribution >= 4 is 11.9 Å². The molecule has 1 aliphatic heterocycles. The molecule has 3 rings (SSSR count). The number of nitrogens with zero attached hydrogens (tertiary/aromatic N) is 3. The molecule has 1 atom stereocenters. The summed E-state index contributed by atoms with van der Waals surface area (Å²) in [6, 6.07) is 12.0. The Kier molecular flexibility index (Phi) is 5.31. The Morgan fingerprint density at radius 3 is 2.56 bits per heavy atom. The van der Waals surface area contributed by atoms with Crippen molar-refractivity contribution in [1.29, 1.82) is 0 Å². The molecule has 0 spiro atoms. The highest BCUT2D eigenvalue weighted by Crippen LogP contribution is 2.20. The molecular weight excluding hydrogens is 312 g/mol. The molecule has 0 saturated carbocycles. The van der Waals surface area contributed by atoms with Gasteiger partial charge in [0.15, 0.2) is 0 Å². The number of carbonyl (C=O) groups excluding carboxylic acids is 1. The molecule has 1 saturated heterocycles. The van der Waals surface area contributed by atoms with E-state index in [-0.39, 0.29) is 11.9 Å². The Balaban J connectivity index is 1.75.